The minimum atomic E-state index is 0. The van der Waals surface area contributed by atoms with Crippen LogP contribution < -0.4 is 12.4 Å². The highest BCUT2D eigenvalue weighted by Crippen LogP contribution is 2.22. The summed E-state index contributed by atoms with van der Waals surface area (Å²) in [4.78, 5) is 0. The molecule has 0 aliphatic rings. The summed E-state index contributed by atoms with van der Waals surface area (Å²) >= 11 is 0. The van der Waals surface area contributed by atoms with Gasteiger partial charge in [-0.15, -0.1) is 0 Å². The summed E-state index contributed by atoms with van der Waals surface area (Å²) in [5.41, 5.74) is 2.94. The Hall–Kier alpha value is -1.31. The predicted octanol–water partition coefficient (Wildman–Crippen LogP) is 2.81. The standard InChI is InChI=1S/C22H32N.ClH/c1-3-5-17-23(18-6-4-2,19-21-13-9-7-10-14-21)20-22-15-11-8-12-16-22;/h7-16H,3-6,17-20H2,1-2H3;1H/q+1;/p-1. The summed E-state index contributed by atoms with van der Waals surface area (Å²) in [6.07, 6.45) is 5.16. The molecule has 2 heteroatoms. The molecule has 24 heavy (non-hydrogen) atoms. The van der Waals surface area contributed by atoms with Crippen LogP contribution in [0.5, 0.6) is 0 Å². The van der Waals surface area contributed by atoms with Crippen molar-refractivity contribution in [2.75, 3.05) is 13.1 Å². The molecular weight excluding hydrogens is 314 g/mol. The number of hydrogen-bond donors (Lipinski definition) is 0. The number of rotatable bonds is 10. The van der Waals surface area contributed by atoms with Gasteiger partial charge in [0.25, 0.3) is 0 Å². The van der Waals surface area contributed by atoms with Crippen LogP contribution in [0.3, 0.4) is 0 Å². The Bertz CT molecular complexity index is 487. The minimum Gasteiger partial charge on any atom is -1.00 e. The van der Waals surface area contributed by atoms with Gasteiger partial charge in [-0.3, -0.25) is 0 Å². The summed E-state index contributed by atoms with van der Waals surface area (Å²) in [5.74, 6) is 0. The first-order valence-electron chi connectivity index (χ1n) is 9.21. The van der Waals surface area contributed by atoms with E-state index in [9.17, 15) is 0 Å². The lowest BCUT2D eigenvalue weighted by Crippen LogP contribution is -3.00. The third-order valence-electron chi connectivity index (χ3n) is 4.69. The Morgan fingerprint density at radius 2 is 1.00 bits per heavy atom. The Labute approximate surface area is 154 Å². The van der Waals surface area contributed by atoms with Crippen LogP contribution in [0.1, 0.15) is 50.7 Å². The van der Waals surface area contributed by atoms with Gasteiger partial charge in [0.05, 0.1) is 13.1 Å². The smallest absolute Gasteiger partial charge is 0.105 e. The lowest BCUT2D eigenvalue weighted by atomic mass is 10.1. The zero-order chi connectivity index (χ0) is 16.4. The molecule has 0 aromatic heterocycles. The molecule has 0 heterocycles. The lowest BCUT2D eigenvalue weighted by molar-refractivity contribution is -0.954. The SMILES string of the molecule is CCCC[N+](CCCC)(Cc1ccccc1)Cc1ccccc1.[Cl-]. The summed E-state index contributed by atoms with van der Waals surface area (Å²) in [7, 11) is 0. The fraction of sp³-hybridized carbons (Fsp3) is 0.455. The van der Waals surface area contributed by atoms with Crippen molar-refractivity contribution in [3.8, 4) is 0 Å². The molecule has 0 N–H and O–H groups in total. The Kier molecular flexibility index (Phi) is 9.75. The van der Waals surface area contributed by atoms with Gasteiger partial charge >= 0.3 is 0 Å². The maximum atomic E-state index is 2.31. The molecule has 0 saturated heterocycles. The van der Waals surface area contributed by atoms with Gasteiger partial charge in [-0.2, -0.15) is 0 Å². The average molecular weight is 346 g/mol. The third-order valence-corrected chi connectivity index (χ3v) is 4.69. The van der Waals surface area contributed by atoms with E-state index in [1.807, 2.05) is 0 Å². The molecule has 0 spiro atoms. The number of quaternary nitrogens is 1. The number of benzene rings is 2. The molecule has 0 amide bonds. The van der Waals surface area contributed by atoms with Gasteiger partial charge < -0.3 is 16.9 Å². The van der Waals surface area contributed by atoms with E-state index < -0.39 is 0 Å². The highest BCUT2D eigenvalue weighted by atomic mass is 35.5. The van der Waals surface area contributed by atoms with Crippen LogP contribution in [-0.4, -0.2) is 17.6 Å². The van der Waals surface area contributed by atoms with Gasteiger partial charge in [-0.05, 0) is 12.8 Å². The minimum absolute atomic E-state index is 0. The second-order valence-corrected chi connectivity index (χ2v) is 6.78. The predicted molar refractivity (Wildman–Crippen MR) is 100 cm³/mol. The van der Waals surface area contributed by atoms with E-state index in [0.717, 1.165) is 13.1 Å². The molecule has 2 aromatic rings. The first-order valence-corrected chi connectivity index (χ1v) is 9.21. The maximum absolute atomic E-state index is 2.31. The monoisotopic (exact) mass is 345 g/mol. The van der Waals surface area contributed by atoms with E-state index >= 15 is 0 Å². The normalized spacial score (nSPS) is 11.1. The summed E-state index contributed by atoms with van der Waals surface area (Å²) in [6.45, 7) is 9.46. The van der Waals surface area contributed by atoms with Gasteiger partial charge in [-0.1, -0.05) is 87.4 Å². The Balaban J connectivity index is 0.00000288. The summed E-state index contributed by atoms with van der Waals surface area (Å²) in [6, 6.07) is 22.1. The van der Waals surface area contributed by atoms with Crippen LogP contribution in [0.4, 0.5) is 0 Å². The molecule has 2 rings (SSSR count). The summed E-state index contributed by atoms with van der Waals surface area (Å²) < 4.78 is 1.19. The van der Waals surface area contributed by atoms with Crippen LogP contribution in [0.25, 0.3) is 0 Å². The van der Waals surface area contributed by atoms with Crippen molar-refractivity contribution in [1.82, 2.24) is 0 Å². The Morgan fingerprint density at radius 1 is 0.625 bits per heavy atom. The zero-order valence-corrected chi connectivity index (χ0v) is 16.0. The van der Waals surface area contributed by atoms with E-state index in [1.54, 1.807) is 0 Å². The van der Waals surface area contributed by atoms with Crippen LogP contribution in [0, 0.1) is 0 Å². The molecular formula is C22H32ClN. The third kappa shape index (κ3) is 6.67. The van der Waals surface area contributed by atoms with Gasteiger partial charge in [0, 0.05) is 11.1 Å². The molecule has 0 bridgehead atoms. The van der Waals surface area contributed by atoms with E-state index in [1.165, 1.54) is 54.4 Å². The fourth-order valence-corrected chi connectivity index (χ4v) is 3.41. The second-order valence-electron chi connectivity index (χ2n) is 6.78. The largest absolute Gasteiger partial charge is 1.00 e. The second kappa shape index (κ2) is 11.3. The van der Waals surface area contributed by atoms with Crippen LogP contribution in [-0.2, 0) is 13.1 Å². The van der Waals surface area contributed by atoms with Crippen molar-refractivity contribution in [2.24, 2.45) is 0 Å². The van der Waals surface area contributed by atoms with Crippen molar-refractivity contribution in [2.45, 2.75) is 52.6 Å². The molecule has 132 valence electrons. The van der Waals surface area contributed by atoms with E-state index in [-0.39, 0.29) is 12.4 Å². The first-order chi connectivity index (χ1) is 11.3. The quantitative estimate of drug-likeness (QED) is 0.581. The lowest BCUT2D eigenvalue weighted by Gasteiger charge is -2.39. The molecule has 1 nitrogen and oxygen atoms in total. The zero-order valence-electron chi connectivity index (χ0n) is 15.3. The van der Waals surface area contributed by atoms with Crippen LogP contribution in [0.2, 0.25) is 0 Å². The van der Waals surface area contributed by atoms with Crippen molar-refractivity contribution in [1.29, 1.82) is 0 Å². The van der Waals surface area contributed by atoms with Crippen molar-refractivity contribution in [3.63, 3.8) is 0 Å². The van der Waals surface area contributed by atoms with Gasteiger partial charge in [0.15, 0.2) is 0 Å². The molecule has 0 fully saturated rings. The molecule has 0 atom stereocenters. The molecule has 0 unspecified atom stereocenters. The van der Waals surface area contributed by atoms with E-state index in [2.05, 4.69) is 74.5 Å². The number of unbranched alkanes of at least 4 members (excludes halogenated alkanes) is 2. The maximum Gasteiger partial charge on any atom is 0.105 e. The number of nitrogens with zero attached hydrogens (tertiary/aromatic N) is 1. The highest BCUT2D eigenvalue weighted by molar-refractivity contribution is 5.15. The van der Waals surface area contributed by atoms with E-state index in [4.69, 9.17) is 0 Å². The molecule has 0 aliphatic carbocycles. The number of hydrogen-bond acceptors (Lipinski definition) is 0. The topological polar surface area (TPSA) is 0 Å². The highest BCUT2D eigenvalue weighted by Gasteiger charge is 2.27. The van der Waals surface area contributed by atoms with Crippen LogP contribution >= 0.6 is 0 Å². The molecule has 0 saturated carbocycles. The van der Waals surface area contributed by atoms with Crippen molar-refractivity contribution >= 4 is 0 Å². The van der Waals surface area contributed by atoms with Crippen molar-refractivity contribution in [3.05, 3.63) is 71.8 Å². The van der Waals surface area contributed by atoms with Crippen molar-refractivity contribution < 1.29 is 16.9 Å². The number of halogens is 1. The van der Waals surface area contributed by atoms with Gasteiger partial charge in [-0.25, -0.2) is 0 Å². The first kappa shape index (κ1) is 20.7. The van der Waals surface area contributed by atoms with Gasteiger partial charge in [0.2, 0.25) is 0 Å². The fourth-order valence-electron chi connectivity index (χ4n) is 3.41. The Morgan fingerprint density at radius 3 is 1.33 bits per heavy atom. The summed E-state index contributed by atoms with van der Waals surface area (Å²) in [5, 5.41) is 0. The molecule has 0 radical (unpaired) electrons. The molecule has 2 aromatic carbocycles. The van der Waals surface area contributed by atoms with Gasteiger partial charge in [0.1, 0.15) is 13.1 Å². The average Bonchev–Trinajstić information content (AvgIpc) is 2.60. The van der Waals surface area contributed by atoms with E-state index in [0.29, 0.717) is 0 Å². The molecule has 0 aliphatic heterocycles. The van der Waals surface area contributed by atoms with Crippen LogP contribution in [0.15, 0.2) is 60.7 Å².